The van der Waals surface area contributed by atoms with E-state index in [0.29, 0.717) is 104 Å². The lowest BCUT2D eigenvalue weighted by Crippen LogP contribution is -2.72. The average Bonchev–Trinajstić information content (AvgIpc) is 2.00. The molecule has 432 valence electrons. The van der Waals surface area contributed by atoms with Crippen LogP contribution in [-0.4, -0.2) is 143 Å². The number of phenols is 1. The van der Waals surface area contributed by atoms with Gasteiger partial charge in [-0.2, -0.15) is 11.8 Å². The molecule has 20 heteroatoms. The lowest BCUT2D eigenvalue weighted by atomic mass is 9.51. The molecule has 8 atom stereocenters. The quantitative estimate of drug-likeness (QED) is 0.0147. The Hall–Kier alpha value is -4.73. The molecule has 0 aromatic heterocycles. The molecule has 1 spiro atoms. The molecule has 17 nitrogen and oxygen atoms in total. The van der Waals surface area contributed by atoms with E-state index in [-0.39, 0.29) is 78.3 Å². The average molecular weight is 1150 g/mol. The molecule has 8 unspecified atom stereocenters. The summed E-state index contributed by atoms with van der Waals surface area (Å²) in [5.41, 5.74) is -0.792. The Bertz CT molecular complexity index is 2680. The summed E-state index contributed by atoms with van der Waals surface area (Å²) >= 11 is 1.89. The highest BCUT2D eigenvalue weighted by Gasteiger charge is 2.81. The fourth-order valence-electron chi connectivity index (χ4n) is 12.1. The third-order valence-corrected chi connectivity index (χ3v) is 20.0. The Morgan fingerprint density at radius 3 is 2.30 bits per heavy atom. The zero-order valence-corrected chi connectivity index (χ0v) is 49.6. The second-order valence-electron chi connectivity index (χ2n) is 22.9. The van der Waals surface area contributed by atoms with Crippen LogP contribution >= 0.6 is 33.3 Å². The van der Waals surface area contributed by atoms with Crippen molar-refractivity contribution in [2.45, 2.75) is 159 Å². The number of phenolic OH excluding ortho intramolecular Hbond substituents is 1. The number of benzene rings is 1. The van der Waals surface area contributed by atoms with Crippen LogP contribution in [0.1, 0.15) is 135 Å². The number of nitrogens with one attached hydrogen (secondary N) is 5. The summed E-state index contributed by atoms with van der Waals surface area (Å²) in [6, 6.07) is 0.343. The number of hydrogen-bond acceptors (Lipinski definition) is 15. The maximum Gasteiger partial charge on any atom is 0.315 e. The molecular formula is C59H81N5O12S3. The summed E-state index contributed by atoms with van der Waals surface area (Å²) in [6.45, 7) is 18.0. The Morgan fingerprint density at radius 1 is 0.848 bits per heavy atom. The number of carbonyl (C=O) groups excluding carboxylic acids is 6. The first kappa shape index (κ1) is 60.4. The van der Waals surface area contributed by atoms with Crippen LogP contribution in [-0.2, 0) is 39.8 Å². The van der Waals surface area contributed by atoms with Gasteiger partial charge in [0.15, 0.2) is 22.8 Å². The summed E-state index contributed by atoms with van der Waals surface area (Å²) in [6.07, 6.45) is 17.3. The molecule has 3 aliphatic carbocycles. The van der Waals surface area contributed by atoms with E-state index in [1.54, 1.807) is 40.7 Å². The predicted octanol–water partition coefficient (Wildman–Crippen LogP) is 8.03. The van der Waals surface area contributed by atoms with E-state index in [9.17, 15) is 29.1 Å². The minimum Gasteiger partial charge on any atom is -0.506 e. The van der Waals surface area contributed by atoms with Gasteiger partial charge in [0.1, 0.15) is 28.4 Å². The molecule has 6 N–H and O–H groups in total. The van der Waals surface area contributed by atoms with Crippen LogP contribution in [0.2, 0.25) is 0 Å². The van der Waals surface area contributed by atoms with Crippen LogP contribution in [0.15, 0.2) is 52.7 Å². The molecule has 9 rings (SSSR count). The summed E-state index contributed by atoms with van der Waals surface area (Å²) < 4.78 is 32.4. The number of hydrogen-bond donors (Lipinski definition) is 6. The highest BCUT2D eigenvalue weighted by Crippen LogP contribution is 2.68. The molecule has 1 aromatic carbocycles. The van der Waals surface area contributed by atoms with Gasteiger partial charge in [0.2, 0.25) is 17.7 Å². The lowest BCUT2D eigenvalue weighted by Gasteiger charge is -2.56. The summed E-state index contributed by atoms with van der Waals surface area (Å²) in [5, 5.41) is 27.1. The number of unbranched alkanes of at least 4 members (excludes halogenated alkanes) is 1. The molecule has 5 aliphatic heterocycles. The number of aromatic hydroxyl groups is 1. The Balaban J connectivity index is 0.749. The molecule has 3 saturated heterocycles. The number of Topliss-reactive ketones (excluding diaryl/α,β-unsaturated/α-hetero) is 2. The Morgan fingerprint density at radius 2 is 1.56 bits per heavy atom. The van der Waals surface area contributed by atoms with Crippen LogP contribution in [0.4, 0.5) is 4.79 Å². The third-order valence-electron chi connectivity index (χ3n) is 16.1. The van der Waals surface area contributed by atoms with Crippen molar-refractivity contribution in [1.29, 1.82) is 0 Å². The van der Waals surface area contributed by atoms with Gasteiger partial charge in [-0.25, -0.2) is 4.79 Å². The predicted molar refractivity (Wildman–Crippen MR) is 311 cm³/mol. The number of allylic oxidation sites excluding steroid dienone is 5. The Kier molecular flexibility index (Phi) is 19.9. The van der Waals surface area contributed by atoms with Crippen LogP contribution < -0.4 is 36.1 Å². The summed E-state index contributed by atoms with van der Waals surface area (Å²) in [7, 11) is 3.23. The van der Waals surface area contributed by atoms with Gasteiger partial charge in [0.25, 0.3) is 0 Å². The van der Waals surface area contributed by atoms with Crippen molar-refractivity contribution in [3.05, 3.63) is 69.4 Å². The molecule has 4 fully saturated rings. The first-order chi connectivity index (χ1) is 37.7. The van der Waals surface area contributed by atoms with Crippen molar-refractivity contribution in [2.75, 3.05) is 63.3 Å². The van der Waals surface area contributed by atoms with Crippen LogP contribution in [0.3, 0.4) is 0 Å². The molecule has 5 heterocycles. The number of ether oxygens (including phenoxy) is 5. The zero-order valence-electron chi connectivity index (χ0n) is 47.2. The van der Waals surface area contributed by atoms with Gasteiger partial charge in [-0.05, 0) is 106 Å². The van der Waals surface area contributed by atoms with E-state index in [4.69, 9.17) is 23.7 Å². The number of fused-ring (bicyclic) bond motifs is 3. The van der Waals surface area contributed by atoms with Gasteiger partial charge in [-0.1, -0.05) is 63.5 Å². The highest BCUT2D eigenvalue weighted by molar-refractivity contribution is 8.76. The second kappa shape index (κ2) is 26.0. The fraction of sp³-hybridized carbons (Fsp3) is 0.627. The van der Waals surface area contributed by atoms with Crippen molar-refractivity contribution in [3.8, 4) is 17.2 Å². The number of amides is 5. The van der Waals surface area contributed by atoms with Gasteiger partial charge in [0.05, 0.1) is 49.7 Å². The molecule has 1 saturated carbocycles. The van der Waals surface area contributed by atoms with Gasteiger partial charge in [-0.3, -0.25) is 24.0 Å². The number of thioether (sulfide) groups is 1. The molecule has 0 radical (unpaired) electrons. The standard InChI is InChI=1S/C59H81N5O12S3/c1-35(2)12-11-20-57(8)21-18-39-49(67)47-50(68)41-32-38-33-44-56(6,7)76-58(53(38)69,59(41,44)75-52(47)40(51(39)74-57)16-15-36(3)4)22-17-37(5)54(70)62-24-27-73-29-28-72-26-23-60-46(66)19-30-78-79-31-25-61-45(65)14-10-9-13-43-48-42(34-77-43)63-55(71)64-48/h12,15,17-18,21,32,38,42-44,48,67H,9-11,13-14,16,19-20,22-31,33-34H2,1-8H3,(H,60,66)(H,61,65)(H,62,70)(H2,63,64,71)/b37-17-. The number of ketones is 2. The van der Waals surface area contributed by atoms with Crippen LogP contribution in [0, 0.1) is 11.8 Å². The van der Waals surface area contributed by atoms with Gasteiger partial charge < -0.3 is 55.4 Å². The molecule has 1 aromatic rings. The van der Waals surface area contributed by atoms with Crippen LogP contribution in [0.25, 0.3) is 6.08 Å². The van der Waals surface area contributed by atoms with Crippen molar-refractivity contribution in [1.82, 2.24) is 26.6 Å². The number of carbonyl (C=O) groups is 6. The molecule has 5 amide bonds. The first-order valence-electron chi connectivity index (χ1n) is 28.0. The van der Waals surface area contributed by atoms with Gasteiger partial charge >= 0.3 is 6.03 Å². The van der Waals surface area contributed by atoms with Crippen molar-refractivity contribution < 1.29 is 57.6 Å². The van der Waals surface area contributed by atoms with E-state index in [0.717, 1.165) is 42.8 Å². The first-order valence-corrected chi connectivity index (χ1v) is 31.6. The summed E-state index contributed by atoms with van der Waals surface area (Å²) in [5.74, 6) is 0.782. The molecule has 4 bridgehead atoms. The smallest absolute Gasteiger partial charge is 0.315 e. The van der Waals surface area contributed by atoms with E-state index < -0.39 is 40.0 Å². The maximum absolute atomic E-state index is 15.1. The maximum atomic E-state index is 15.1. The molecular weight excluding hydrogens is 1070 g/mol. The van der Waals surface area contributed by atoms with E-state index in [1.165, 1.54) is 5.57 Å². The third kappa shape index (κ3) is 13.3. The largest absolute Gasteiger partial charge is 0.506 e. The van der Waals surface area contributed by atoms with Crippen molar-refractivity contribution >= 4 is 74.7 Å². The van der Waals surface area contributed by atoms with E-state index >= 15 is 4.79 Å². The molecule has 79 heavy (non-hydrogen) atoms. The lowest BCUT2D eigenvalue weighted by molar-refractivity contribution is -0.171. The topological polar surface area (TPSA) is 229 Å². The monoisotopic (exact) mass is 1150 g/mol. The summed E-state index contributed by atoms with van der Waals surface area (Å²) in [4.78, 5) is 79.6. The van der Waals surface area contributed by atoms with Crippen molar-refractivity contribution in [2.24, 2.45) is 11.8 Å². The minimum atomic E-state index is -1.65. The van der Waals surface area contributed by atoms with Crippen LogP contribution in [0.5, 0.6) is 17.2 Å². The van der Waals surface area contributed by atoms with E-state index in [1.807, 2.05) is 64.6 Å². The number of rotatable bonds is 29. The van der Waals surface area contributed by atoms with Crippen molar-refractivity contribution in [3.63, 3.8) is 0 Å². The second-order valence-corrected chi connectivity index (χ2v) is 26.9. The zero-order chi connectivity index (χ0) is 56.7. The normalized spacial score (nSPS) is 27.3. The highest BCUT2D eigenvalue weighted by atomic mass is 33.1. The minimum absolute atomic E-state index is 0.0237. The van der Waals surface area contributed by atoms with Gasteiger partial charge in [0, 0.05) is 90.0 Å². The molecule has 8 aliphatic rings. The van der Waals surface area contributed by atoms with Gasteiger partial charge in [-0.15, -0.1) is 0 Å². The fourth-order valence-corrected chi connectivity index (χ4v) is 15.5. The van der Waals surface area contributed by atoms with E-state index in [2.05, 4.69) is 46.5 Å². The number of urea groups is 1. The Labute approximate surface area is 477 Å². The SMILES string of the molecule is CC(C)=CCCC1(C)C=Cc2c(O)c3c(c(CC=C(C)C)c2O1)OC12C(=CC4CC1C(C)(C)OC2(C/C=C(/C)C(=O)NCCOCCOCCNC(=O)CCSSCCNC(=O)CCCCC1SCC2NC(=O)NC21)C4=O)C3=O.